The first-order valence-corrected chi connectivity index (χ1v) is 9.12. The van der Waals surface area contributed by atoms with Gasteiger partial charge in [-0.15, -0.1) is 0 Å². The van der Waals surface area contributed by atoms with E-state index < -0.39 is 0 Å². The predicted molar refractivity (Wildman–Crippen MR) is 107 cm³/mol. The normalized spacial score (nSPS) is 19.4. The van der Waals surface area contributed by atoms with E-state index in [0.717, 1.165) is 28.5 Å². The van der Waals surface area contributed by atoms with E-state index in [0.29, 0.717) is 6.04 Å². The standard InChI is InChI=1S/C21H21N5/c1-13-10-16(11-13)23-19-6-2-4-14-12-15(7-8-17(14)19)24-21-18-5-3-9-22-20(18)25-26-21/h2-9,12-13,16,23H,10-11H2,1H3,(H2,22,24,25,26). The Morgan fingerprint density at radius 3 is 2.85 bits per heavy atom. The lowest BCUT2D eigenvalue weighted by molar-refractivity contribution is 0.309. The average molecular weight is 343 g/mol. The van der Waals surface area contributed by atoms with Crippen molar-refractivity contribution in [3.05, 3.63) is 54.7 Å². The maximum Gasteiger partial charge on any atom is 0.183 e. The van der Waals surface area contributed by atoms with Crippen LogP contribution in [0.5, 0.6) is 0 Å². The molecule has 5 rings (SSSR count). The number of hydrogen-bond acceptors (Lipinski definition) is 4. The van der Waals surface area contributed by atoms with Gasteiger partial charge >= 0.3 is 0 Å². The molecule has 0 bridgehead atoms. The van der Waals surface area contributed by atoms with Crippen LogP contribution in [0, 0.1) is 5.92 Å². The van der Waals surface area contributed by atoms with Crippen LogP contribution >= 0.6 is 0 Å². The van der Waals surface area contributed by atoms with Crippen LogP contribution in [0.1, 0.15) is 19.8 Å². The summed E-state index contributed by atoms with van der Waals surface area (Å²) in [5, 5.41) is 17.9. The first-order valence-electron chi connectivity index (χ1n) is 9.12. The minimum Gasteiger partial charge on any atom is -0.382 e. The molecule has 0 saturated heterocycles. The number of nitrogens with one attached hydrogen (secondary N) is 3. The van der Waals surface area contributed by atoms with Gasteiger partial charge in [0.2, 0.25) is 0 Å². The van der Waals surface area contributed by atoms with Crippen molar-refractivity contribution in [3.63, 3.8) is 0 Å². The van der Waals surface area contributed by atoms with Gasteiger partial charge in [-0.2, -0.15) is 5.10 Å². The smallest absolute Gasteiger partial charge is 0.183 e. The van der Waals surface area contributed by atoms with Crippen molar-refractivity contribution in [1.29, 1.82) is 0 Å². The highest BCUT2D eigenvalue weighted by atomic mass is 15.2. The third-order valence-electron chi connectivity index (χ3n) is 5.21. The fourth-order valence-electron chi connectivity index (χ4n) is 3.82. The molecule has 0 atom stereocenters. The van der Waals surface area contributed by atoms with Crippen LogP contribution in [0.3, 0.4) is 0 Å². The minimum atomic E-state index is 0.609. The summed E-state index contributed by atoms with van der Waals surface area (Å²) in [7, 11) is 0. The van der Waals surface area contributed by atoms with E-state index in [1.165, 1.54) is 29.3 Å². The summed E-state index contributed by atoms with van der Waals surface area (Å²) >= 11 is 0. The lowest BCUT2D eigenvalue weighted by Gasteiger charge is -2.34. The molecule has 1 aliphatic carbocycles. The van der Waals surface area contributed by atoms with Gasteiger partial charge in [0, 0.05) is 29.0 Å². The molecule has 0 radical (unpaired) electrons. The summed E-state index contributed by atoms with van der Waals surface area (Å²) in [4.78, 5) is 4.26. The molecule has 5 heteroatoms. The van der Waals surface area contributed by atoms with Crippen molar-refractivity contribution < 1.29 is 0 Å². The molecular weight excluding hydrogens is 322 g/mol. The lowest BCUT2D eigenvalue weighted by atomic mass is 9.81. The molecule has 3 N–H and O–H groups in total. The number of H-pyrrole nitrogens is 1. The average Bonchev–Trinajstić information content (AvgIpc) is 3.03. The van der Waals surface area contributed by atoms with Gasteiger partial charge < -0.3 is 10.6 Å². The second kappa shape index (κ2) is 6.02. The molecule has 26 heavy (non-hydrogen) atoms. The zero-order chi connectivity index (χ0) is 17.5. The molecule has 4 aromatic rings. The van der Waals surface area contributed by atoms with E-state index in [2.05, 4.69) is 69.1 Å². The Morgan fingerprint density at radius 1 is 1.04 bits per heavy atom. The van der Waals surface area contributed by atoms with Crippen LogP contribution in [0.2, 0.25) is 0 Å². The summed E-state index contributed by atoms with van der Waals surface area (Å²) in [6.45, 7) is 2.31. The number of anilines is 3. The number of nitrogens with zero attached hydrogens (tertiary/aromatic N) is 2. The second-order valence-corrected chi connectivity index (χ2v) is 7.26. The molecule has 0 unspecified atom stereocenters. The molecule has 2 aromatic carbocycles. The summed E-state index contributed by atoms with van der Waals surface area (Å²) in [5.41, 5.74) is 2.97. The summed E-state index contributed by atoms with van der Waals surface area (Å²) in [6, 6.07) is 17.4. The molecule has 2 aromatic heterocycles. The minimum absolute atomic E-state index is 0.609. The van der Waals surface area contributed by atoms with Gasteiger partial charge in [0.1, 0.15) is 5.82 Å². The Bertz CT molecular complexity index is 1080. The monoisotopic (exact) mass is 343 g/mol. The topological polar surface area (TPSA) is 65.6 Å². The molecule has 130 valence electrons. The van der Waals surface area contributed by atoms with Gasteiger partial charge in [-0.3, -0.25) is 5.10 Å². The number of rotatable bonds is 4. The fraction of sp³-hybridized carbons (Fsp3) is 0.238. The lowest BCUT2D eigenvalue weighted by Crippen LogP contribution is -2.33. The number of pyridine rings is 1. The van der Waals surface area contributed by atoms with Crippen LogP contribution in [0.25, 0.3) is 21.8 Å². The van der Waals surface area contributed by atoms with Gasteiger partial charge in [-0.05, 0) is 54.5 Å². The third-order valence-corrected chi connectivity index (χ3v) is 5.21. The van der Waals surface area contributed by atoms with Crippen LogP contribution in [0.15, 0.2) is 54.7 Å². The molecular formula is C21H21N5. The van der Waals surface area contributed by atoms with Gasteiger partial charge in [0.05, 0.1) is 5.39 Å². The maximum absolute atomic E-state index is 4.26. The molecule has 0 aliphatic heterocycles. The quantitative estimate of drug-likeness (QED) is 0.484. The Labute approximate surface area is 151 Å². The zero-order valence-electron chi connectivity index (χ0n) is 14.7. The summed E-state index contributed by atoms with van der Waals surface area (Å²) in [6.07, 6.45) is 4.27. The number of aromatic amines is 1. The molecule has 1 aliphatic rings. The van der Waals surface area contributed by atoms with Gasteiger partial charge in [-0.25, -0.2) is 4.98 Å². The molecule has 0 amide bonds. The molecule has 5 nitrogen and oxygen atoms in total. The van der Waals surface area contributed by atoms with E-state index in [1.54, 1.807) is 6.20 Å². The Kier molecular flexibility index (Phi) is 3.52. The van der Waals surface area contributed by atoms with Gasteiger partial charge in [0.25, 0.3) is 0 Å². The summed E-state index contributed by atoms with van der Waals surface area (Å²) in [5.74, 6) is 1.71. The van der Waals surface area contributed by atoms with Gasteiger partial charge in [-0.1, -0.05) is 25.1 Å². The van der Waals surface area contributed by atoms with Crippen molar-refractivity contribution in [3.8, 4) is 0 Å². The van der Waals surface area contributed by atoms with Crippen LogP contribution < -0.4 is 10.6 Å². The SMILES string of the molecule is CC1CC(Nc2cccc3cc(Nc4[nH]nc5ncccc45)ccc23)C1. The third kappa shape index (κ3) is 2.65. The highest BCUT2D eigenvalue weighted by molar-refractivity contribution is 5.97. The Morgan fingerprint density at radius 2 is 1.96 bits per heavy atom. The van der Waals surface area contributed by atoms with Crippen molar-refractivity contribution in [1.82, 2.24) is 15.2 Å². The van der Waals surface area contributed by atoms with Crippen molar-refractivity contribution in [2.75, 3.05) is 10.6 Å². The maximum atomic E-state index is 4.26. The molecule has 0 spiro atoms. The van der Waals surface area contributed by atoms with E-state index in [-0.39, 0.29) is 0 Å². The zero-order valence-corrected chi connectivity index (χ0v) is 14.7. The second-order valence-electron chi connectivity index (χ2n) is 7.26. The van der Waals surface area contributed by atoms with E-state index in [1.807, 2.05) is 12.1 Å². The van der Waals surface area contributed by atoms with Gasteiger partial charge in [0.15, 0.2) is 5.65 Å². The van der Waals surface area contributed by atoms with Crippen LogP contribution in [0.4, 0.5) is 17.2 Å². The number of benzene rings is 2. The van der Waals surface area contributed by atoms with E-state index in [4.69, 9.17) is 0 Å². The molecule has 1 fully saturated rings. The largest absolute Gasteiger partial charge is 0.382 e. The fourth-order valence-corrected chi connectivity index (χ4v) is 3.82. The highest BCUT2D eigenvalue weighted by Crippen LogP contribution is 2.33. The number of fused-ring (bicyclic) bond motifs is 2. The van der Waals surface area contributed by atoms with Crippen LogP contribution in [-0.4, -0.2) is 21.2 Å². The first-order chi connectivity index (χ1) is 12.8. The van der Waals surface area contributed by atoms with Crippen LogP contribution in [-0.2, 0) is 0 Å². The Hall–Kier alpha value is -3.08. The van der Waals surface area contributed by atoms with E-state index >= 15 is 0 Å². The summed E-state index contributed by atoms with van der Waals surface area (Å²) < 4.78 is 0. The predicted octanol–water partition coefficient (Wildman–Crippen LogP) is 5.07. The first kappa shape index (κ1) is 15.2. The van der Waals surface area contributed by atoms with Crippen molar-refractivity contribution >= 4 is 39.0 Å². The van der Waals surface area contributed by atoms with E-state index in [9.17, 15) is 0 Å². The highest BCUT2D eigenvalue weighted by Gasteiger charge is 2.25. The number of aromatic nitrogens is 3. The molecule has 1 saturated carbocycles. The Balaban J connectivity index is 1.44. The number of hydrogen-bond donors (Lipinski definition) is 3. The van der Waals surface area contributed by atoms with Crippen molar-refractivity contribution in [2.45, 2.75) is 25.8 Å². The van der Waals surface area contributed by atoms with Crippen molar-refractivity contribution in [2.24, 2.45) is 5.92 Å². The molecule has 2 heterocycles.